The number of aryl methyl sites for hydroxylation is 1. The smallest absolute Gasteiger partial charge is 0.271 e. The number of aromatic nitrogens is 5. The zero-order valence-electron chi connectivity index (χ0n) is 19.7. The van der Waals surface area contributed by atoms with Gasteiger partial charge in [0.2, 0.25) is 0 Å². The standard InChI is InChI=1S/C26H23ClFN7O/c1-14-11-30-23-18(27)10-16(12-34(14)23)21-20(15-4-6-17(28)7-5-15)32-22(29)24-31-19(13-35(21)24)25(36)33-26(2)8-3-9-26/h4-7,10-13H,3,8-9H2,1-2H3,(H2,29,32)(H,33,36). The highest BCUT2D eigenvalue weighted by atomic mass is 35.5. The minimum Gasteiger partial charge on any atom is -0.381 e. The fourth-order valence-electron chi connectivity index (χ4n) is 4.73. The number of rotatable bonds is 4. The minimum absolute atomic E-state index is 0.151. The lowest BCUT2D eigenvalue weighted by Crippen LogP contribution is -2.51. The van der Waals surface area contributed by atoms with Gasteiger partial charge in [-0.25, -0.2) is 19.3 Å². The fraction of sp³-hybridized carbons (Fsp3) is 0.231. The third-order valence-corrected chi connectivity index (χ3v) is 7.15. The molecule has 1 aliphatic rings. The van der Waals surface area contributed by atoms with Gasteiger partial charge >= 0.3 is 0 Å². The Morgan fingerprint density at radius 2 is 1.86 bits per heavy atom. The summed E-state index contributed by atoms with van der Waals surface area (Å²) in [5.41, 5.74) is 10.7. The van der Waals surface area contributed by atoms with Crippen molar-refractivity contribution in [1.29, 1.82) is 0 Å². The SMILES string of the molecule is Cc1cnc2c(Cl)cc(-c3c(-c4ccc(F)cc4)nc(N)c4nc(C(=O)NC5(C)CCC5)cn34)cn12. The first kappa shape index (κ1) is 22.5. The predicted molar refractivity (Wildman–Crippen MR) is 136 cm³/mol. The van der Waals surface area contributed by atoms with E-state index in [1.54, 1.807) is 35.0 Å². The first-order chi connectivity index (χ1) is 17.2. The van der Waals surface area contributed by atoms with Gasteiger partial charge in [-0.2, -0.15) is 0 Å². The molecule has 10 heteroatoms. The van der Waals surface area contributed by atoms with Crippen molar-refractivity contribution in [3.05, 3.63) is 71.2 Å². The van der Waals surface area contributed by atoms with Crippen LogP contribution < -0.4 is 11.1 Å². The predicted octanol–water partition coefficient (Wildman–Crippen LogP) is 5.07. The fourth-order valence-corrected chi connectivity index (χ4v) is 4.98. The van der Waals surface area contributed by atoms with Crippen molar-refractivity contribution in [2.24, 2.45) is 0 Å². The average molecular weight is 504 g/mol. The summed E-state index contributed by atoms with van der Waals surface area (Å²) in [6.07, 6.45) is 8.24. The molecule has 0 saturated heterocycles. The van der Waals surface area contributed by atoms with Crippen LogP contribution in [0.15, 0.2) is 48.9 Å². The summed E-state index contributed by atoms with van der Waals surface area (Å²) in [4.78, 5) is 26.6. The Balaban J connectivity index is 1.61. The topological polar surface area (TPSA) is 103 Å². The lowest BCUT2D eigenvalue weighted by molar-refractivity contribution is 0.0846. The van der Waals surface area contributed by atoms with Crippen LogP contribution in [0.4, 0.5) is 10.2 Å². The highest BCUT2D eigenvalue weighted by Crippen LogP contribution is 2.36. The lowest BCUT2D eigenvalue weighted by Gasteiger charge is -2.38. The van der Waals surface area contributed by atoms with Crippen LogP contribution in [0.1, 0.15) is 42.4 Å². The Hall–Kier alpha value is -3.98. The summed E-state index contributed by atoms with van der Waals surface area (Å²) < 4.78 is 17.4. The third-order valence-electron chi connectivity index (χ3n) is 6.87. The highest BCUT2D eigenvalue weighted by molar-refractivity contribution is 6.33. The van der Waals surface area contributed by atoms with E-state index >= 15 is 0 Å². The molecule has 0 atom stereocenters. The number of halogens is 2. The van der Waals surface area contributed by atoms with Gasteiger partial charge < -0.3 is 15.5 Å². The second kappa shape index (κ2) is 8.03. The number of carbonyl (C=O) groups excluding carboxylic acids is 1. The van der Waals surface area contributed by atoms with Crippen LogP contribution in [0.2, 0.25) is 5.02 Å². The van der Waals surface area contributed by atoms with E-state index in [-0.39, 0.29) is 28.8 Å². The van der Waals surface area contributed by atoms with Gasteiger partial charge in [-0.15, -0.1) is 0 Å². The van der Waals surface area contributed by atoms with E-state index in [4.69, 9.17) is 17.3 Å². The van der Waals surface area contributed by atoms with Crippen molar-refractivity contribution in [1.82, 2.24) is 29.1 Å². The molecule has 182 valence electrons. The molecule has 0 unspecified atom stereocenters. The number of carbonyl (C=O) groups is 1. The number of nitrogens with two attached hydrogens (primary N) is 1. The Morgan fingerprint density at radius 3 is 2.56 bits per heavy atom. The van der Waals surface area contributed by atoms with Gasteiger partial charge in [0.05, 0.1) is 16.4 Å². The second-order valence-electron chi connectivity index (χ2n) is 9.56. The Bertz CT molecular complexity index is 1670. The number of anilines is 1. The first-order valence-corrected chi connectivity index (χ1v) is 12.0. The Morgan fingerprint density at radius 1 is 1.11 bits per heavy atom. The largest absolute Gasteiger partial charge is 0.381 e. The van der Waals surface area contributed by atoms with Crippen LogP contribution in [-0.4, -0.2) is 35.2 Å². The number of nitrogen functional groups attached to an aromatic ring is 1. The van der Waals surface area contributed by atoms with E-state index in [9.17, 15) is 9.18 Å². The number of hydrogen-bond donors (Lipinski definition) is 2. The molecule has 1 aliphatic carbocycles. The molecule has 0 spiro atoms. The molecular formula is C26H23ClFN7O. The molecular weight excluding hydrogens is 481 g/mol. The average Bonchev–Trinajstić information content (AvgIpc) is 3.44. The maximum atomic E-state index is 13.7. The van der Waals surface area contributed by atoms with Gasteiger partial charge in [-0.1, -0.05) is 11.6 Å². The van der Waals surface area contributed by atoms with Crippen molar-refractivity contribution in [2.75, 3.05) is 5.73 Å². The molecule has 0 radical (unpaired) electrons. The molecule has 4 heterocycles. The zero-order chi connectivity index (χ0) is 25.2. The molecule has 1 aromatic carbocycles. The van der Waals surface area contributed by atoms with Gasteiger partial charge in [-0.3, -0.25) is 9.20 Å². The lowest BCUT2D eigenvalue weighted by atomic mass is 9.78. The number of nitrogens with one attached hydrogen (secondary N) is 1. The molecule has 36 heavy (non-hydrogen) atoms. The number of pyridine rings is 1. The van der Waals surface area contributed by atoms with Gasteiger partial charge in [0.15, 0.2) is 17.1 Å². The molecule has 0 aliphatic heterocycles. The van der Waals surface area contributed by atoms with Gasteiger partial charge in [0, 0.05) is 41.0 Å². The first-order valence-electron chi connectivity index (χ1n) is 11.6. The number of imidazole rings is 2. The molecule has 4 aromatic heterocycles. The molecule has 8 nitrogen and oxygen atoms in total. The Labute approximate surface area is 211 Å². The van der Waals surface area contributed by atoms with Crippen molar-refractivity contribution >= 4 is 34.6 Å². The number of fused-ring (bicyclic) bond motifs is 2. The molecule has 0 bridgehead atoms. The van der Waals surface area contributed by atoms with E-state index in [1.165, 1.54) is 12.1 Å². The Kier molecular flexibility index (Phi) is 5.01. The highest BCUT2D eigenvalue weighted by Gasteiger charge is 2.34. The molecule has 6 rings (SSSR count). The second-order valence-corrected chi connectivity index (χ2v) is 9.97. The third kappa shape index (κ3) is 3.58. The van der Waals surface area contributed by atoms with E-state index in [0.29, 0.717) is 38.8 Å². The maximum Gasteiger partial charge on any atom is 0.271 e. The van der Waals surface area contributed by atoms with Crippen molar-refractivity contribution in [2.45, 2.75) is 38.6 Å². The minimum atomic E-state index is -0.362. The van der Waals surface area contributed by atoms with Crippen molar-refractivity contribution in [3.8, 4) is 22.5 Å². The van der Waals surface area contributed by atoms with E-state index in [0.717, 1.165) is 25.0 Å². The van der Waals surface area contributed by atoms with Crippen LogP contribution in [0, 0.1) is 12.7 Å². The van der Waals surface area contributed by atoms with Crippen LogP contribution in [-0.2, 0) is 0 Å². The quantitative estimate of drug-likeness (QED) is 0.356. The molecule has 1 fully saturated rings. The van der Waals surface area contributed by atoms with E-state index < -0.39 is 0 Å². The summed E-state index contributed by atoms with van der Waals surface area (Å²) >= 11 is 6.61. The van der Waals surface area contributed by atoms with Crippen molar-refractivity contribution < 1.29 is 9.18 Å². The number of benzene rings is 1. The zero-order valence-corrected chi connectivity index (χ0v) is 20.5. The normalized spacial score (nSPS) is 14.8. The molecule has 1 amide bonds. The summed E-state index contributed by atoms with van der Waals surface area (Å²) in [6, 6.07) is 7.79. The maximum absolute atomic E-state index is 13.7. The summed E-state index contributed by atoms with van der Waals surface area (Å²) in [7, 11) is 0. The summed E-state index contributed by atoms with van der Waals surface area (Å²) in [6.45, 7) is 3.96. The van der Waals surface area contributed by atoms with Gasteiger partial charge in [0.1, 0.15) is 11.5 Å². The van der Waals surface area contributed by atoms with Crippen molar-refractivity contribution in [3.63, 3.8) is 0 Å². The number of amides is 1. The molecule has 1 saturated carbocycles. The summed E-state index contributed by atoms with van der Waals surface area (Å²) in [5, 5.41) is 3.54. The van der Waals surface area contributed by atoms with Crippen LogP contribution in [0.3, 0.4) is 0 Å². The molecule has 3 N–H and O–H groups in total. The number of nitrogens with zero attached hydrogens (tertiary/aromatic N) is 5. The van der Waals surface area contributed by atoms with Gasteiger partial charge in [-0.05, 0) is 63.4 Å². The summed E-state index contributed by atoms with van der Waals surface area (Å²) in [5.74, 6) is -0.481. The number of hydrogen-bond acceptors (Lipinski definition) is 5. The van der Waals surface area contributed by atoms with E-state index in [2.05, 4.69) is 20.3 Å². The van der Waals surface area contributed by atoms with E-state index in [1.807, 2.05) is 24.4 Å². The van der Waals surface area contributed by atoms with Gasteiger partial charge in [0.25, 0.3) is 5.91 Å². The van der Waals surface area contributed by atoms with Crippen LogP contribution in [0.5, 0.6) is 0 Å². The molecule has 5 aromatic rings. The monoisotopic (exact) mass is 503 g/mol. The van der Waals surface area contributed by atoms with Crippen LogP contribution in [0.25, 0.3) is 33.8 Å². The van der Waals surface area contributed by atoms with Crippen LogP contribution >= 0.6 is 11.6 Å².